The van der Waals surface area contributed by atoms with E-state index in [1.165, 1.54) is 13.1 Å². The molecule has 0 radical (unpaired) electrons. The summed E-state index contributed by atoms with van der Waals surface area (Å²) in [6.07, 6.45) is 1.44. The molecule has 1 heterocycles. The molecular formula is C8H9BrN2O2. The minimum atomic E-state index is -0.210. The van der Waals surface area contributed by atoms with Crippen molar-refractivity contribution in [2.45, 2.75) is 13.8 Å². The predicted octanol–water partition coefficient (Wildman–Crippen LogP) is 1.82. The van der Waals surface area contributed by atoms with Crippen molar-refractivity contribution < 1.29 is 9.21 Å². The van der Waals surface area contributed by atoms with Crippen molar-refractivity contribution in [3.8, 4) is 0 Å². The monoisotopic (exact) mass is 244 g/mol. The van der Waals surface area contributed by atoms with Gasteiger partial charge in [0.2, 0.25) is 5.91 Å². The first kappa shape index (κ1) is 9.98. The molecule has 1 aromatic rings. The smallest absolute Gasteiger partial charge is 0.236 e. The van der Waals surface area contributed by atoms with Crippen LogP contribution in [0.3, 0.4) is 0 Å². The maximum Gasteiger partial charge on any atom is 0.236 e. The fourth-order valence-electron chi connectivity index (χ4n) is 0.732. The van der Waals surface area contributed by atoms with Crippen LogP contribution in [-0.4, -0.2) is 12.1 Å². The van der Waals surface area contributed by atoms with Gasteiger partial charge in [-0.15, -0.1) is 0 Å². The predicted molar refractivity (Wildman–Crippen MR) is 52.6 cm³/mol. The molecule has 0 bridgehead atoms. The van der Waals surface area contributed by atoms with Crippen LogP contribution in [0.4, 0.5) is 0 Å². The number of halogens is 1. The summed E-state index contributed by atoms with van der Waals surface area (Å²) in [7, 11) is 0. The van der Waals surface area contributed by atoms with E-state index in [1.807, 2.05) is 6.92 Å². The number of carbonyl (C=O) groups is 1. The zero-order valence-corrected chi connectivity index (χ0v) is 8.88. The second kappa shape index (κ2) is 4.23. The summed E-state index contributed by atoms with van der Waals surface area (Å²) >= 11 is 3.29. The normalized spacial score (nSPS) is 10.7. The first-order chi connectivity index (χ1) is 6.09. The number of hydrazone groups is 1. The number of carbonyl (C=O) groups excluding carboxylic acids is 1. The standard InChI is InChI=1S/C8H9BrN2O2/c1-5-8(9)3-7(13-5)4-10-11-6(2)12/h3-4H,1-2H3,(H,11,12)/b10-4+. The second-order valence-electron chi connectivity index (χ2n) is 2.48. The van der Waals surface area contributed by atoms with Gasteiger partial charge in [-0.3, -0.25) is 4.79 Å². The molecule has 0 fully saturated rings. The highest BCUT2D eigenvalue weighted by atomic mass is 79.9. The lowest BCUT2D eigenvalue weighted by Crippen LogP contribution is -2.12. The van der Waals surface area contributed by atoms with Gasteiger partial charge in [0, 0.05) is 13.0 Å². The molecule has 1 aromatic heterocycles. The van der Waals surface area contributed by atoms with Crippen LogP contribution >= 0.6 is 15.9 Å². The quantitative estimate of drug-likeness (QED) is 0.638. The molecule has 0 saturated carbocycles. The number of nitrogens with one attached hydrogen (secondary N) is 1. The van der Waals surface area contributed by atoms with Crippen LogP contribution in [0.25, 0.3) is 0 Å². The Morgan fingerprint density at radius 3 is 2.92 bits per heavy atom. The largest absolute Gasteiger partial charge is 0.459 e. The van der Waals surface area contributed by atoms with E-state index in [0.717, 1.165) is 10.2 Å². The van der Waals surface area contributed by atoms with E-state index in [1.54, 1.807) is 6.07 Å². The Balaban J connectivity index is 2.64. The highest BCUT2D eigenvalue weighted by Crippen LogP contribution is 2.18. The molecule has 13 heavy (non-hydrogen) atoms. The zero-order valence-electron chi connectivity index (χ0n) is 7.30. The minimum Gasteiger partial charge on any atom is -0.459 e. The summed E-state index contributed by atoms with van der Waals surface area (Å²) in [5, 5.41) is 3.66. The van der Waals surface area contributed by atoms with E-state index in [9.17, 15) is 4.79 Å². The van der Waals surface area contributed by atoms with Gasteiger partial charge >= 0.3 is 0 Å². The summed E-state index contributed by atoms with van der Waals surface area (Å²) in [4.78, 5) is 10.4. The van der Waals surface area contributed by atoms with Crippen molar-refractivity contribution >= 4 is 28.1 Å². The van der Waals surface area contributed by atoms with Gasteiger partial charge in [0.15, 0.2) is 0 Å². The van der Waals surface area contributed by atoms with Crippen LogP contribution in [0.1, 0.15) is 18.4 Å². The fraction of sp³-hybridized carbons (Fsp3) is 0.250. The van der Waals surface area contributed by atoms with Gasteiger partial charge in [-0.1, -0.05) is 0 Å². The van der Waals surface area contributed by atoms with Crippen molar-refractivity contribution in [2.24, 2.45) is 5.10 Å². The molecule has 0 aliphatic carbocycles. The van der Waals surface area contributed by atoms with Crippen molar-refractivity contribution in [1.82, 2.24) is 5.43 Å². The second-order valence-corrected chi connectivity index (χ2v) is 3.33. The molecule has 1 amide bonds. The lowest BCUT2D eigenvalue weighted by molar-refractivity contribution is -0.118. The van der Waals surface area contributed by atoms with Crippen molar-refractivity contribution in [3.63, 3.8) is 0 Å². The van der Waals surface area contributed by atoms with Gasteiger partial charge in [0.05, 0.1) is 10.7 Å². The average molecular weight is 245 g/mol. The number of hydrogen-bond acceptors (Lipinski definition) is 3. The molecule has 4 nitrogen and oxygen atoms in total. The van der Waals surface area contributed by atoms with E-state index in [0.29, 0.717) is 5.76 Å². The van der Waals surface area contributed by atoms with Crippen LogP contribution in [0, 0.1) is 6.92 Å². The third-order valence-electron chi connectivity index (χ3n) is 1.29. The zero-order chi connectivity index (χ0) is 9.84. The summed E-state index contributed by atoms with van der Waals surface area (Å²) in [6.45, 7) is 3.22. The van der Waals surface area contributed by atoms with E-state index in [4.69, 9.17) is 4.42 Å². The summed E-state index contributed by atoms with van der Waals surface area (Å²) in [5.41, 5.74) is 2.28. The van der Waals surface area contributed by atoms with Gasteiger partial charge < -0.3 is 4.42 Å². The van der Waals surface area contributed by atoms with Gasteiger partial charge in [0.25, 0.3) is 0 Å². The minimum absolute atomic E-state index is 0.210. The Morgan fingerprint density at radius 1 is 1.77 bits per heavy atom. The Morgan fingerprint density at radius 2 is 2.46 bits per heavy atom. The molecule has 0 aliphatic heterocycles. The topological polar surface area (TPSA) is 54.6 Å². The summed E-state index contributed by atoms with van der Waals surface area (Å²) in [6, 6.07) is 1.78. The van der Waals surface area contributed by atoms with Crippen LogP contribution in [0.2, 0.25) is 0 Å². The third kappa shape index (κ3) is 3.02. The Kier molecular flexibility index (Phi) is 3.25. The maximum absolute atomic E-state index is 10.4. The molecular weight excluding hydrogens is 236 g/mol. The number of hydrogen-bond donors (Lipinski definition) is 1. The lowest BCUT2D eigenvalue weighted by atomic mass is 10.4. The highest BCUT2D eigenvalue weighted by Gasteiger charge is 2.01. The molecule has 70 valence electrons. The van der Waals surface area contributed by atoms with E-state index in [2.05, 4.69) is 26.5 Å². The fourth-order valence-corrected chi connectivity index (χ4v) is 1.04. The molecule has 0 saturated heterocycles. The van der Waals surface area contributed by atoms with Gasteiger partial charge in [-0.25, -0.2) is 5.43 Å². The number of rotatable bonds is 2. The van der Waals surface area contributed by atoms with Crippen LogP contribution in [-0.2, 0) is 4.79 Å². The van der Waals surface area contributed by atoms with E-state index < -0.39 is 0 Å². The maximum atomic E-state index is 10.4. The first-order valence-electron chi connectivity index (χ1n) is 3.65. The molecule has 0 aromatic carbocycles. The highest BCUT2D eigenvalue weighted by molar-refractivity contribution is 9.10. The summed E-state index contributed by atoms with van der Waals surface area (Å²) < 4.78 is 6.13. The van der Waals surface area contributed by atoms with E-state index >= 15 is 0 Å². The molecule has 0 unspecified atom stereocenters. The van der Waals surface area contributed by atoms with Gasteiger partial charge in [-0.05, 0) is 22.9 Å². The number of amides is 1. The van der Waals surface area contributed by atoms with Gasteiger partial charge in [0.1, 0.15) is 11.5 Å². The number of aryl methyl sites for hydroxylation is 1. The van der Waals surface area contributed by atoms with Gasteiger partial charge in [-0.2, -0.15) is 5.10 Å². The van der Waals surface area contributed by atoms with Crippen LogP contribution in [0.15, 0.2) is 20.1 Å². The van der Waals surface area contributed by atoms with Crippen molar-refractivity contribution in [3.05, 3.63) is 22.1 Å². The molecule has 5 heteroatoms. The van der Waals surface area contributed by atoms with Crippen LogP contribution in [0.5, 0.6) is 0 Å². The number of furan rings is 1. The van der Waals surface area contributed by atoms with Crippen molar-refractivity contribution in [2.75, 3.05) is 0 Å². The molecule has 0 atom stereocenters. The van der Waals surface area contributed by atoms with Crippen molar-refractivity contribution in [1.29, 1.82) is 0 Å². The Bertz CT molecular complexity index is 324. The van der Waals surface area contributed by atoms with E-state index in [-0.39, 0.29) is 5.91 Å². The number of nitrogens with zero attached hydrogens (tertiary/aromatic N) is 1. The average Bonchev–Trinajstić information content (AvgIpc) is 2.30. The summed E-state index contributed by atoms with van der Waals surface area (Å²) in [5.74, 6) is 1.17. The first-order valence-corrected chi connectivity index (χ1v) is 4.44. The Hall–Kier alpha value is -1.10. The SMILES string of the molecule is CC(=O)N/N=C/c1cc(Br)c(C)o1. The molecule has 0 aliphatic rings. The third-order valence-corrected chi connectivity index (χ3v) is 2.08. The molecule has 0 spiro atoms. The lowest BCUT2D eigenvalue weighted by Gasteiger charge is -1.88. The Labute approximate surface area is 84.1 Å². The molecule has 1 N–H and O–H groups in total. The molecule has 1 rings (SSSR count). The van der Waals surface area contributed by atoms with Crippen LogP contribution < -0.4 is 5.43 Å².